The first-order valence-electron chi connectivity index (χ1n) is 9.99. The molecule has 1 heterocycles. The third-order valence-electron chi connectivity index (χ3n) is 4.87. The van der Waals surface area contributed by atoms with Gasteiger partial charge in [-0.15, -0.1) is 5.10 Å². The fourth-order valence-electron chi connectivity index (χ4n) is 2.97. The second-order valence-corrected chi connectivity index (χ2v) is 7.02. The lowest BCUT2D eigenvalue weighted by Gasteiger charge is -2.13. The first-order chi connectivity index (χ1) is 14.9. The summed E-state index contributed by atoms with van der Waals surface area (Å²) in [4.78, 5) is 12.3. The van der Waals surface area contributed by atoms with Gasteiger partial charge in [0, 0.05) is 19.0 Å². The summed E-state index contributed by atoms with van der Waals surface area (Å²) in [6.45, 7) is 9.84. The van der Waals surface area contributed by atoms with Crippen LogP contribution < -0.4 is 5.69 Å². The Bertz CT molecular complexity index is 1200. The van der Waals surface area contributed by atoms with E-state index in [1.54, 1.807) is 13.1 Å². The van der Waals surface area contributed by atoms with Gasteiger partial charge >= 0.3 is 5.69 Å². The van der Waals surface area contributed by atoms with Gasteiger partial charge in [-0.05, 0) is 53.1 Å². The number of tetrazole rings is 1. The van der Waals surface area contributed by atoms with Crippen molar-refractivity contribution in [2.45, 2.75) is 33.8 Å². The quantitative estimate of drug-likeness (QED) is 0.333. The first kappa shape index (κ1) is 21.9. The summed E-state index contributed by atoms with van der Waals surface area (Å²) in [5.74, 6) is 0.500. The molecule has 0 N–H and O–H groups in total. The number of aromatic nitrogens is 4. The number of hydrogen-bond donors (Lipinski definition) is 0. The molecule has 0 amide bonds. The largest absolute Gasteiger partial charge is 0.475 e. The molecule has 31 heavy (non-hydrogen) atoms. The summed E-state index contributed by atoms with van der Waals surface area (Å²) in [7, 11) is 1.56. The third kappa shape index (κ3) is 5.03. The highest BCUT2D eigenvalue weighted by Crippen LogP contribution is 2.18. The standard InChI is InChI=1S/C23H26N6O2/c1-6-18-11-9-12-19(14-18)17(4)24-25-22(7-2)31-15-20-16(3)10-8-13-21(20)29-23(30)28(5)26-27-29/h6,8-14H,1,7,15H2,2-5H3/b24-17+,25-22+. The van der Waals surface area contributed by atoms with Crippen molar-refractivity contribution in [2.24, 2.45) is 17.3 Å². The second kappa shape index (κ2) is 9.80. The molecular formula is C23H26N6O2. The lowest BCUT2D eigenvalue weighted by Crippen LogP contribution is -2.23. The Balaban J connectivity index is 1.83. The van der Waals surface area contributed by atoms with Gasteiger partial charge in [-0.25, -0.2) is 4.79 Å². The van der Waals surface area contributed by atoms with Crippen LogP contribution in [0.2, 0.25) is 0 Å². The van der Waals surface area contributed by atoms with Crippen LogP contribution in [0.4, 0.5) is 0 Å². The topological polar surface area (TPSA) is 86.7 Å². The molecule has 0 saturated heterocycles. The fourth-order valence-corrected chi connectivity index (χ4v) is 2.97. The van der Waals surface area contributed by atoms with Crippen LogP contribution in [-0.2, 0) is 18.4 Å². The van der Waals surface area contributed by atoms with Crippen LogP contribution in [-0.4, -0.2) is 31.4 Å². The minimum atomic E-state index is -0.321. The zero-order valence-corrected chi connectivity index (χ0v) is 18.2. The molecule has 0 bridgehead atoms. The second-order valence-electron chi connectivity index (χ2n) is 7.02. The number of aryl methyl sites for hydroxylation is 2. The summed E-state index contributed by atoms with van der Waals surface area (Å²) in [5, 5.41) is 16.4. The van der Waals surface area contributed by atoms with Gasteiger partial charge in [-0.2, -0.15) is 14.5 Å². The van der Waals surface area contributed by atoms with E-state index in [0.29, 0.717) is 18.0 Å². The summed E-state index contributed by atoms with van der Waals surface area (Å²) in [6, 6.07) is 13.6. The minimum Gasteiger partial charge on any atom is -0.475 e. The fraction of sp³-hybridized carbons (Fsp3) is 0.261. The van der Waals surface area contributed by atoms with E-state index in [1.165, 1.54) is 9.36 Å². The normalized spacial score (nSPS) is 12.1. The van der Waals surface area contributed by atoms with Gasteiger partial charge in [0.1, 0.15) is 6.61 Å². The molecule has 0 aliphatic heterocycles. The van der Waals surface area contributed by atoms with Crippen LogP contribution in [0.5, 0.6) is 0 Å². The Morgan fingerprint density at radius 3 is 2.65 bits per heavy atom. The molecule has 0 fully saturated rings. The maximum absolute atomic E-state index is 12.3. The van der Waals surface area contributed by atoms with Crippen LogP contribution in [0.1, 0.15) is 42.5 Å². The van der Waals surface area contributed by atoms with E-state index in [4.69, 9.17) is 4.74 Å². The first-order valence-corrected chi connectivity index (χ1v) is 9.99. The highest BCUT2D eigenvalue weighted by atomic mass is 16.5. The van der Waals surface area contributed by atoms with Gasteiger partial charge in [-0.1, -0.05) is 49.9 Å². The van der Waals surface area contributed by atoms with E-state index in [0.717, 1.165) is 28.0 Å². The summed E-state index contributed by atoms with van der Waals surface area (Å²) < 4.78 is 8.41. The predicted octanol–water partition coefficient (Wildman–Crippen LogP) is 3.67. The monoisotopic (exact) mass is 418 g/mol. The molecule has 0 spiro atoms. The molecule has 3 aromatic rings. The Labute approximate surface area is 181 Å². The van der Waals surface area contributed by atoms with Crippen molar-refractivity contribution in [3.63, 3.8) is 0 Å². The zero-order valence-electron chi connectivity index (χ0n) is 18.2. The van der Waals surface area contributed by atoms with Gasteiger partial charge in [0.15, 0.2) is 0 Å². The SMILES string of the molecule is C=Cc1cccc(/C(C)=N/N=C(\CC)OCc2c(C)cccc2-n2nnn(C)c2=O)c1. The van der Waals surface area contributed by atoms with Crippen molar-refractivity contribution in [1.29, 1.82) is 0 Å². The van der Waals surface area contributed by atoms with Crippen LogP contribution in [0, 0.1) is 6.92 Å². The predicted molar refractivity (Wildman–Crippen MR) is 123 cm³/mol. The minimum absolute atomic E-state index is 0.234. The smallest absolute Gasteiger partial charge is 0.368 e. The van der Waals surface area contributed by atoms with Crippen molar-refractivity contribution in [2.75, 3.05) is 0 Å². The van der Waals surface area contributed by atoms with Crippen LogP contribution in [0.3, 0.4) is 0 Å². The van der Waals surface area contributed by atoms with E-state index >= 15 is 0 Å². The summed E-state index contributed by atoms with van der Waals surface area (Å²) in [5.41, 5.74) is 4.90. The average molecular weight is 419 g/mol. The number of benzene rings is 2. The molecule has 8 nitrogen and oxygen atoms in total. The van der Waals surface area contributed by atoms with Gasteiger partial charge < -0.3 is 4.74 Å². The molecule has 0 radical (unpaired) electrons. The number of ether oxygens (including phenoxy) is 1. The summed E-state index contributed by atoms with van der Waals surface area (Å²) in [6.07, 6.45) is 2.37. The molecule has 0 unspecified atom stereocenters. The number of nitrogens with zero attached hydrogens (tertiary/aromatic N) is 6. The number of rotatable bonds is 7. The van der Waals surface area contributed by atoms with Crippen molar-refractivity contribution in [1.82, 2.24) is 19.8 Å². The van der Waals surface area contributed by atoms with Crippen LogP contribution in [0.25, 0.3) is 11.8 Å². The van der Waals surface area contributed by atoms with Crippen molar-refractivity contribution >= 4 is 17.7 Å². The molecule has 0 aliphatic carbocycles. The Hall–Kier alpha value is -3.81. The van der Waals surface area contributed by atoms with E-state index in [1.807, 2.05) is 63.2 Å². The Morgan fingerprint density at radius 2 is 1.97 bits per heavy atom. The van der Waals surface area contributed by atoms with Gasteiger partial charge in [0.25, 0.3) is 0 Å². The van der Waals surface area contributed by atoms with E-state index in [-0.39, 0.29) is 12.3 Å². The maximum Gasteiger partial charge on any atom is 0.368 e. The molecule has 2 aromatic carbocycles. The van der Waals surface area contributed by atoms with Crippen LogP contribution >= 0.6 is 0 Å². The lowest BCUT2D eigenvalue weighted by molar-refractivity contribution is 0.282. The Kier molecular flexibility index (Phi) is 6.92. The molecule has 1 aromatic heterocycles. The zero-order chi connectivity index (χ0) is 22.4. The molecule has 0 atom stereocenters. The van der Waals surface area contributed by atoms with Crippen molar-refractivity contribution < 1.29 is 4.74 Å². The van der Waals surface area contributed by atoms with Crippen molar-refractivity contribution in [3.8, 4) is 5.69 Å². The molecular weight excluding hydrogens is 392 g/mol. The summed E-state index contributed by atoms with van der Waals surface area (Å²) >= 11 is 0. The lowest BCUT2D eigenvalue weighted by atomic mass is 10.1. The molecule has 0 saturated carbocycles. The molecule has 0 aliphatic rings. The third-order valence-corrected chi connectivity index (χ3v) is 4.87. The molecule has 8 heteroatoms. The van der Waals surface area contributed by atoms with Crippen LogP contribution in [0.15, 0.2) is 64.0 Å². The maximum atomic E-state index is 12.3. The Morgan fingerprint density at radius 1 is 1.19 bits per heavy atom. The molecule has 160 valence electrons. The highest BCUT2D eigenvalue weighted by Gasteiger charge is 2.14. The van der Waals surface area contributed by atoms with Crippen molar-refractivity contribution in [3.05, 3.63) is 81.8 Å². The van der Waals surface area contributed by atoms with Gasteiger partial charge in [-0.3, -0.25) is 0 Å². The van der Waals surface area contributed by atoms with E-state index in [2.05, 4.69) is 27.2 Å². The van der Waals surface area contributed by atoms with E-state index in [9.17, 15) is 4.79 Å². The highest BCUT2D eigenvalue weighted by molar-refractivity contribution is 5.99. The van der Waals surface area contributed by atoms with E-state index < -0.39 is 0 Å². The van der Waals surface area contributed by atoms with Gasteiger partial charge in [0.05, 0.1) is 11.4 Å². The average Bonchev–Trinajstić information content (AvgIpc) is 3.12. The number of hydrogen-bond acceptors (Lipinski definition) is 6. The van der Waals surface area contributed by atoms with Gasteiger partial charge in [0.2, 0.25) is 5.90 Å². The molecule has 3 rings (SSSR count).